The van der Waals surface area contributed by atoms with Crippen molar-refractivity contribution in [1.82, 2.24) is 0 Å². The predicted octanol–water partition coefficient (Wildman–Crippen LogP) is 7.26. The first kappa shape index (κ1) is 47.5. The number of nitrogens with zero attached hydrogens (tertiary/aromatic N) is 3. The summed E-state index contributed by atoms with van der Waals surface area (Å²) in [4.78, 5) is 14.3. The van der Waals surface area contributed by atoms with Gasteiger partial charge in [0, 0.05) is 116 Å². The highest BCUT2D eigenvalue weighted by Crippen LogP contribution is 2.20. The van der Waals surface area contributed by atoms with E-state index in [4.69, 9.17) is 54.8 Å². The standard InChI is InChI=1S/C36H69N3O9Si3/c1-10-40-49(41-11-2,42-12-3)25-19-22-37-31-34-28-35(32-38-23-20-26-50(43-13-4,44-14-5)45-15-6)30-36(29-34)33-39-24-21-27-51(46-16-7,47-17-8)48-18-9/h28-33H,10-27H2,1-9H3. The molecule has 51 heavy (non-hydrogen) atoms. The third-order valence-electron chi connectivity index (χ3n) is 7.31. The highest BCUT2D eigenvalue weighted by atomic mass is 28.4. The van der Waals surface area contributed by atoms with E-state index in [1.165, 1.54) is 0 Å². The smallest absolute Gasteiger partial charge is 0.374 e. The van der Waals surface area contributed by atoms with Gasteiger partial charge < -0.3 is 39.8 Å². The second-order valence-electron chi connectivity index (χ2n) is 11.3. The fourth-order valence-corrected chi connectivity index (χ4v) is 13.4. The molecule has 0 aromatic heterocycles. The molecule has 12 nitrogen and oxygen atoms in total. The SMILES string of the molecule is CCO[Si](CCCN=Cc1cc(C=NCCC[Si](OCC)(OCC)OCC)cc(C=NCCC[Si](OCC)(OCC)OCC)c1)(OCC)OCC. The minimum Gasteiger partial charge on any atom is -0.374 e. The van der Waals surface area contributed by atoms with Gasteiger partial charge in [0.05, 0.1) is 0 Å². The number of aliphatic imine (C=N–C) groups is 3. The normalized spacial score (nSPS) is 13.1. The zero-order valence-electron chi connectivity index (χ0n) is 33.2. The molecule has 1 rings (SSSR count). The van der Waals surface area contributed by atoms with Crippen LogP contribution < -0.4 is 0 Å². The van der Waals surface area contributed by atoms with Crippen LogP contribution in [0.2, 0.25) is 18.1 Å². The second kappa shape index (κ2) is 29.0. The number of benzene rings is 1. The molecule has 0 bridgehead atoms. The minimum atomic E-state index is -2.69. The van der Waals surface area contributed by atoms with Crippen LogP contribution in [-0.4, -0.2) is 124 Å². The van der Waals surface area contributed by atoms with Gasteiger partial charge in [-0.2, -0.15) is 0 Å². The molecular weight excluding hydrogens is 703 g/mol. The van der Waals surface area contributed by atoms with Gasteiger partial charge in [-0.15, -0.1) is 0 Å². The molecule has 0 aliphatic carbocycles. The summed E-state index contributed by atoms with van der Waals surface area (Å²) in [5, 5.41) is 0. The van der Waals surface area contributed by atoms with Crippen LogP contribution in [0.5, 0.6) is 0 Å². The Kier molecular flexibility index (Phi) is 27.0. The first-order chi connectivity index (χ1) is 24.8. The summed E-state index contributed by atoms with van der Waals surface area (Å²) in [5.41, 5.74) is 2.94. The van der Waals surface area contributed by atoms with Crippen molar-refractivity contribution in [3.05, 3.63) is 34.9 Å². The summed E-state index contributed by atoms with van der Waals surface area (Å²) in [6.07, 6.45) is 8.17. The fourth-order valence-electron chi connectivity index (χ4n) is 5.60. The van der Waals surface area contributed by atoms with E-state index in [1.807, 2.05) is 81.0 Å². The van der Waals surface area contributed by atoms with E-state index in [2.05, 4.69) is 18.2 Å². The van der Waals surface area contributed by atoms with E-state index < -0.39 is 26.4 Å². The van der Waals surface area contributed by atoms with Gasteiger partial charge in [-0.05, 0) is 116 Å². The molecule has 0 radical (unpaired) electrons. The molecule has 0 aliphatic heterocycles. The zero-order chi connectivity index (χ0) is 37.7. The molecule has 1 aromatic carbocycles. The number of hydrogen-bond acceptors (Lipinski definition) is 12. The maximum atomic E-state index is 6.00. The Bertz CT molecular complexity index is 918. The molecular formula is C36H69N3O9Si3. The quantitative estimate of drug-likeness (QED) is 0.0413. The average Bonchev–Trinajstić information content (AvgIpc) is 3.09. The summed E-state index contributed by atoms with van der Waals surface area (Å²) in [5.74, 6) is 0. The molecule has 1 aromatic rings. The molecule has 294 valence electrons. The summed E-state index contributed by atoms with van der Waals surface area (Å²) in [7, 11) is -8.07. The highest BCUT2D eigenvalue weighted by molar-refractivity contribution is 6.61. The maximum absolute atomic E-state index is 6.00. The van der Waals surface area contributed by atoms with Crippen LogP contribution in [0.1, 0.15) is 98.3 Å². The van der Waals surface area contributed by atoms with Crippen molar-refractivity contribution in [2.24, 2.45) is 15.0 Å². The second-order valence-corrected chi connectivity index (χ2v) is 19.5. The van der Waals surface area contributed by atoms with Crippen molar-refractivity contribution in [1.29, 1.82) is 0 Å². The lowest BCUT2D eigenvalue weighted by molar-refractivity contribution is 0.0702. The topological polar surface area (TPSA) is 120 Å². The van der Waals surface area contributed by atoms with Crippen LogP contribution in [0.25, 0.3) is 0 Å². The Hall–Kier alpha value is -1.48. The molecule has 0 saturated carbocycles. The van der Waals surface area contributed by atoms with Crippen molar-refractivity contribution in [2.75, 3.05) is 79.1 Å². The van der Waals surface area contributed by atoms with E-state index in [9.17, 15) is 0 Å². The van der Waals surface area contributed by atoms with Crippen molar-refractivity contribution in [3.63, 3.8) is 0 Å². The van der Waals surface area contributed by atoms with E-state index >= 15 is 0 Å². The van der Waals surface area contributed by atoms with Gasteiger partial charge in [0.15, 0.2) is 0 Å². The first-order valence-corrected chi connectivity index (χ1v) is 25.0. The predicted molar refractivity (Wildman–Crippen MR) is 214 cm³/mol. The summed E-state index contributed by atoms with van der Waals surface area (Å²) < 4.78 is 54.0. The summed E-state index contributed by atoms with van der Waals surface area (Å²) in [6.45, 7) is 24.8. The van der Waals surface area contributed by atoms with Gasteiger partial charge >= 0.3 is 26.4 Å². The largest absolute Gasteiger partial charge is 0.500 e. The van der Waals surface area contributed by atoms with Gasteiger partial charge in [0.2, 0.25) is 0 Å². The fraction of sp³-hybridized carbons (Fsp3) is 0.750. The van der Waals surface area contributed by atoms with Crippen molar-refractivity contribution < 1.29 is 39.8 Å². The van der Waals surface area contributed by atoms with Crippen LogP contribution in [0.3, 0.4) is 0 Å². The van der Waals surface area contributed by atoms with Crippen LogP contribution >= 0.6 is 0 Å². The molecule has 0 amide bonds. The van der Waals surface area contributed by atoms with E-state index in [0.29, 0.717) is 79.1 Å². The van der Waals surface area contributed by atoms with Crippen LogP contribution in [0.15, 0.2) is 33.2 Å². The third-order valence-corrected chi connectivity index (χ3v) is 16.8. The first-order valence-electron chi connectivity index (χ1n) is 19.2. The number of hydrogen-bond donors (Lipinski definition) is 0. The van der Waals surface area contributed by atoms with Gasteiger partial charge in [0.25, 0.3) is 0 Å². The van der Waals surface area contributed by atoms with Gasteiger partial charge in [-0.3, -0.25) is 15.0 Å². The van der Waals surface area contributed by atoms with Crippen molar-refractivity contribution in [3.8, 4) is 0 Å². The van der Waals surface area contributed by atoms with Crippen molar-refractivity contribution in [2.45, 2.75) is 99.7 Å². The molecule has 0 atom stereocenters. The Labute approximate surface area is 312 Å². The van der Waals surface area contributed by atoms with Crippen molar-refractivity contribution >= 4 is 45.1 Å². The summed E-state index contributed by atoms with van der Waals surface area (Å²) >= 11 is 0. The molecule has 0 heterocycles. The van der Waals surface area contributed by atoms with Crippen LogP contribution in [0, 0.1) is 0 Å². The maximum Gasteiger partial charge on any atom is 0.500 e. The van der Waals surface area contributed by atoms with Gasteiger partial charge in [-0.1, -0.05) is 0 Å². The molecule has 0 unspecified atom stereocenters. The molecule has 15 heteroatoms. The molecule has 0 fully saturated rings. The Morgan fingerprint density at radius 2 is 0.569 bits per heavy atom. The van der Waals surface area contributed by atoms with E-state index in [1.54, 1.807) is 0 Å². The Balaban J connectivity index is 3.10. The number of rotatable bonds is 33. The summed E-state index contributed by atoms with van der Waals surface area (Å²) in [6, 6.07) is 8.46. The minimum absolute atomic E-state index is 0.566. The monoisotopic (exact) mass is 771 g/mol. The zero-order valence-corrected chi connectivity index (χ0v) is 36.2. The molecule has 0 aliphatic rings. The molecule has 0 spiro atoms. The highest BCUT2D eigenvalue weighted by Gasteiger charge is 2.41. The lowest BCUT2D eigenvalue weighted by Crippen LogP contribution is -2.46. The Morgan fingerprint density at radius 1 is 0.373 bits per heavy atom. The third kappa shape index (κ3) is 19.4. The molecule has 0 N–H and O–H groups in total. The Morgan fingerprint density at radius 3 is 0.745 bits per heavy atom. The van der Waals surface area contributed by atoms with Crippen LogP contribution in [0.4, 0.5) is 0 Å². The van der Waals surface area contributed by atoms with Gasteiger partial charge in [0.1, 0.15) is 0 Å². The van der Waals surface area contributed by atoms with E-state index in [0.717, 1.165) is 54.1 Å². The average molecular weight is 772 g/mol. The lowest BCUT2D eigenvalue weighted by Gasteiger charge is -2.28. The molecule has 0 saturated heterocycles. The van der Waals surface area contributed by atoms with Gasteiger partial charge in [-0.25, -0.2) is 0 Å². The lowest BCUT2D eigenvalue weighted by atomic mass is 10.1. The van der Waals surface area contributed by atoms with Crippen LogP contribution in [-0.2, 0) is 39.8 Å². The van der Waals surface area contributed by atoms with E-state index in [-0.39, 0.29) is 0 Å².